The van der Waals surface area contributed by atoms with Crippen LogP contribution in [0, 0.1) is 11.8 Å². The molecule has 2 N–H and O–H groups in total. The molecule has 2 aliphatic rings. The van der Waals surface area contributed by atoms with Gasteiger partial charge in [0.1, 0.15) is 0 Å². The fourth-order valence-corrected chi connectivity index (χ4v) is 5.04. The molecule has 1 aromatic carbocycles. The van der Waals surface area contributed by atoms with Gasteiger partial charge in [-0.2, -0.15) is 4.31 Å². The monoisotopic (exact) mass is 367 g/mol. The molecule has 0 aromatic heterocycles. The zero-order valence-corrected chi connectivity index (χ0v) is 15.2. The van der Waals surface area contributed by atoms with E-state index in [0.717, 1.165) is 13.1 Å². The smallest absolute Gasteiger partial charge is 0.251 e. The highest BCUT2D eigenvalue weighted by Gasteiger charge is 2.41. The Kier molecular flexibility index (Phi) is 5.73. The molecule has 0 bridgehead atoms. The van der Waals surface area contributed by atoms with Crippen molar-refractivity contribution >= 4 is 15.9 Å². The van der Waals surface area contributed by atoms with Crippen LogP contribution in [0.1, 0.15) is 17.3 Å². The summed E-state index contributed by atoms with van der Waals surface area (Å²) >= 11 is 0. The van der Waals surface area contributed by atoms with Crippen molar-refractivity contribution in [2.75, 3.05) is 45.9 Å². The number of sulfonamides is 1. The lowest BCUT2D eigenvalue weighted by Gasteiger charge is -2.18. The normalized spacial score (nSPS) is 23.6. The summed E-state index contributed by atoms with van der Waals surface area (Å²) in [5, 5.41) is 6.04. The van der Waals surface area contributed by atoms with E-state index < -0.39 is 10.0 Å². The van der Waals surface area contributed by atoms with Crippen molar-refractivity contribution in [1.29, 1.82) is 0 Å². The molecule has 1 aromatic rings. The maximum atomic E-state index is 12.9. The van der Waals surface area contributed by atoms with E-state index in [-0.39, 0.29) is 10.8 Å². The Hall–Kier alpha value is -1.48. The quantitative estimate of drug-likeness (QED) is 0.677. The van der Waals surface area contributed by atoms with Crippen LogP contribution in [-0.2, 0) is 14.8 Å². The minimum absolute atomic E-state index is 0.179. The molecule has 2 aliphatic heterocycles. The summed E-state index contributed by atoms with van der Waals surface area (Å²) in [4.78, 5) is 12.4. The first-order chi connectivity index (χ1) is 12.0. The number of hydrogen-bond donors (Lipinski definition) is 2. The van der Waals surface area contributed by atoms with Crippen molar-refractivity contribution in [3.8, 4) is 0 Å². The van der Waals surface area contributed by atoms with Crippen molar-refractivity contribution in [2.45, 2.75) is 11.8 Å². The Morgan fingerprint density at radius 3 is 2.72 bits per heavy atom. The number of nitrogens with one attached hydrogen (secondary N) is 2. The summed E-state index contributed by atoms with van der Waals surface area (Å²) in [5.74, 6) is 0.485. The van der Waals surface area contributed by atoms with Crippen molar-refractivity contribution in [2.24, 2.45) is 11.8 Å². The van der Waals surface area contributed by atoms with Crippen molar-refractivity contribution < 1.29 is 17.9 Å². The third-order valence-electron chi connectivity index (χ3n) is 4.83. The Balaban J connectivity index is 1.69. The van der Waals surface area contributed by atoms with E-state index in [1.54, 1.807) is 22.5 Å². The second kappa shape index (κ2) is 7.82. The van der Waals surface area contributed by atoms with E-state index in [4.69, 9.17) is 4.74 Å². The maximum absolute atomic E-state index is 12.9. The van der Waals surface area contributed by atoms with Crippen LogP contribution >= 0.6 is 0 Å². The molecule has 0 aliphatic carbocycles. The van der Waals surface area contributed by atoms with Crippen LogP contribution < -0.4 is 10.6 Å². The molecule has 2 atom stereocenters. The molecular formula is C17H25N3O4S. The molecule has 7 nitrogen and oxygen atoms in total. The van der Waals surface area contributed by atoms with E-state index in [1.807, 2.05) is 6.92 Å². The van der Waals surface area contributed by atoms with Gasteiger partial charge in [0.25, 0.3) is 5.91 Å². The fraction of sp³-hybridized carbons (Fsp3) is 0.588. The van der Waals surface area contributed by atoms with Crippen molar-refractivity contribution in [1.82, 2.24) is 14.9 Å². The second-order valence-corrected chi connectivity index (χ2v) is 8.42. The molecule has 138 valence electrons. The predicted octanol–water partition coefficient (Wildman–Crippen LogP) is 0.293. The van der Waals surface area contributed by atoms with Gasteiger partial charge < -0.3 is 15.4 Å². The van der Waals surface area contributed by atoms with Crippen LogP contribution in [0.25, 0.3) is 0 Å². The van der Waals surface area contributed by atoms with Gasteiger partial charge in [0.05, 0.1) is 11.5 Å². The second-order valence-electron chi connectivity index (χ2n) is 6.48. The van der Waals surface area contributed by atoms with Crippen LogP contribution in [0.2, 0.25) is 0 Å². The van der Waals surface area contributed by atoms with Crippen LogP contribution in [0.5, 0.6) is 0 Å². The Bertz CT molecular complexity index is 710. The number of hydrogen-bond acceptors (Lipinski definition) is 5. The average molecular weight is 367 g/mol. The summed E-state index contributed by atoms with van der Waals surface area (Å²) in [6, 6.07) is 6.25. The van der Waals surface area contributed by atoms with Crippen LogP contribution in [0.4, 0.5) is 0 Å². The summed E-state index contributed by atoms with van der Waals surface area (Å²) in [6.45, 7) is 6.15. The van der Waals surface area contributed by atoms with Crippen LogP contribution in [-0.4, -0.2) is 64.6 Å². The molecule has 2 fully saturated rings. The molecule has 2 heterocycles. The van der Waals surface area contributed by atoms with Gasteiger partial charge in [0.15, 0.2) is 0 Å². The average Bonchev–Trinajstić information content (AvgIpc) is 3.21. The minimum Gasteiger partial charge on any atom is -0.380 e. The van der Waals surface area contributed by atoms with Gasteiger partial charge in [0, 0.05) is 31.8 Å². The zero-order valence-electron chi connectivity index (χ0n) is 14.4. The molecule has 0 radical (unpaired) electrons. The predicted molar refractivity (Wildman–Crippen MR) is 93.9 cm³/mol. The van der Waals surface area contributed by atoms with E-state index in [0.29, 0.717) is 50.2 Å². The van der Waals surface area contributed by atoms with Gasteiger partial charge in [-0.3, -0.25) is 4.79 Å². The van der Waals surface area contributed by atoms with Gasteiger partial charge >= 0.3 is 0 Å². The lowest BCUT2D eigenvalue weighted by molar-refractivity contribution is 0.0922. The molecule has 2 unspecified atom stereocenters. The Labute approximate surface area is 148 Å². The van der Waals surface area contributed by atoms with E-state index >= 15 is 0 Å². The third-order valence-corrected chi connectivity index (χ3v) is 6.65. The lowest BCUT2D eigenvalue weighted by atomic mass is 10.0. The Morgan fingerprint density at radius 1 is 1.32 bits per heavy atom. The fourth-order valence-electron chi connectivity index (χ4n) is 3.44. The van der Waals surface area contributed by atoms with Gasteiger partial charge in [-0.1, -0.05) is 6.07 Å². The number of carbonyl (C=O) groups is 1. The number of ether oxygens (including phenoxy) is 1. The molecular weight excluding hydrogens is 342 g/mol. The summed E-state index contributed by atoms with van der Waals surface area (Å²) < 4.78 is 32.5. The van der Waals surface area contributed by atoms with Crippen LogP contribution in [0.15, 0.2) is 29.2 Å². The number of rotatable bonds is 7. The number of fused-ring (bicyclic) bond motifs is 1. The number of amides is 1. The van der Waals surface area contributed by atoms with Gasteiger partial charge in [-0.25, -0.2) is 8.42 Å². The highest BCUT2D eigenvalue weighted by atomic mass is 32.2. The highest BCUT2D eigenvalue weighted by Crippen LogP contribution is 2.30. The zero-order chi connectivity index (χ0) is 17.9. The molecule has 0 saturated carbocycles. The largest absolute Gasteiger partial charge is 0.380 e. The first kappa shape index (κ1) is 18.3. The SMILES string of the molecule is CCOCCNC(=O)c1cccc(S(=O)(=O)N2CC3CNCC3C2)c1. The van der Waals surface area contributed by atoms with E-state index in [9.17, 15) is 13.2 Å². The first-order valence-corrected chi connectivity index (χ1v) is 10.1. The maximum Gasteiger partial charge on any atom is 0.251 e. The number of nitrogens with zero attached hydrogens (tertiary/aromatic N) is 1. The molecule has 25 heavy (non-hydrogen) atoms. The van der Waals surface area contributed by atoms with Gasteiger partial charge in [-0.05, 0) is 50.0 Å². The number of benzene rings is 1. The third kappa shape index (κ3) is 4.03. The first-order valence-electron chi connectivity index (χ1n) is 8.69. The molecule has 1 amide bonds. The highest BCUT2D eigenvalue weighted by molar-refractivity contribution is 7.89. The molecule has 8 heteroatoms. The topological polar surface area (TPSA) is 87.7 Å². The summed E-state index contributed by atoms with van der Waals surface area (Å²) in [6.07, 6.45) is 0. The van der Waals surface area contributed by atoms with Gasteiger partial charge in [0.2, 0.25) is 10.0 Å². The molecule has 2 saturated heterocycles. The Morgan fingerprint density at radius 2 is 2.04 bits per heavy atom. The van der Waals surface area contributed by atoms with E-state index in [2.05, 4.69) is 10.6 Å². The molecule has 3 rings (SSSR count). The summed E-state index contributed by atoms with van der Waals surface area (Å²) in [7, 11) is -3.57. The van der Waals surface area contributed by atoms with Crippen molar-refractivity contribution in [3.63, 3.8) is 0 Å². The standard InChI is InChI=1S/C17H25N3O4S/c1-2-24-7-6-19-17(21)13-4-3-5-16(8-13)25(22,23)20-11-14-9-18-10-15(14)12-20/h3-5,8,14-15,18H,2,6-7,9-12H2,1H3,(H,19,21). The number of carbonyl (C=O) groups excluding carboxylic acids is 1. The lowest BCUT2D eigenvalue weighted by Crippen LogP contribution is -2.32. The molecule has 0 spiro atoms. The van der Waals surface area contributed by atoms with Crippen molar-refractivity contribution in [3.05, 3.63) is 29.8 Å². The van der Waals surface area contributed by atoms with Gasteiger partial charge in [-0.15, -0.1) is 0 Å². The summed E-state index contributed by atoms with van der Waals surface area (Å²) in [5.41, 5.74) is 0.346. The van der Waals surface area contributed by atoms with E-state index in [1.165, 1.54) is 6.07 Å². The minimum atomic E-state index is -3.57. The van der Waals surface area contributed by atoms with Crippen LogP contribution in [0.3, 0.4) is 0 Å².